The maximum atomic E-state index is 10.1. The van der Waals surface area contributed by atoms with Crippen LogP contribution in [0.2, 0.25) is 5.02 Å². The van der Waals surface area contributed by atoms with Crippen molar-refractivity contribution in [3.8, 4) is 12.1 Å². The van der Waals surface area contributed by atoms with Crippen LogP contribution in [-0.2, 0) is 14.9 Å². The number of halogens is 1. The van der Waals surface area contributed by atoms with Crippen molar-refractivity contribution in [1.29, 1.82) is 10.5 Å². The molecule has 0 amide bonds. The molecule has 3 atom stereocenters. The number of nitrogens with two attached hydrogens (primary N) is 1. The van der Waals surface area contributed by atoms with Gasteiger partial charge < -0.3 is 9.47 Å². The summed E-state index contributed by atoms with van der Waals surface area (Å²) in [5.74, 6) is -1.20. The van der Waals surface area contributed by atoms with Crippen LogP contribution in [0.4, 0.5) is 0 Å². The van der Waals surface area contributed by atoms with E-state index < -0.39 is 22.2 Å². The number of hydrogen-bond acceptors (Lipinski definition) is 5. The zero-order valence-corrected chi connectivity index (χ0v) is 13.1. The Balaban J connectivity index is 2.02. The lowest BCUT2D eigenvalue weighted by atomic mass is 9.85. The Morgan fingerprint density at radius 2 is 1.96 bits per heavy atom. The van der Waals surface area contributed by atoms with E-state index in [4.69, 9.17) is 26.8 Å². The van der Waals surface area contributed by atoms with Gasteiger partial charge in [-0.3, -0.25) is 5.73 Å². The Morgan fingerprint density at radius 3 is 2.52 bits per heavy atom. The lowest BCUT2D eigenvalue weighted by molar-refractivity contribution is -0.677. The van der Waals surface area contributed by atoms with E-state index in [1.165, 1.54) is 0 Å². The summed E-state index contributed by atoms with van der Waals surface area (Å²) in [5.41, 5.74) is 3.51. The van der Waals surface area contributed by atoms with E-state index in [0.29, 0.717) is 18.2 Å². The molecule has 1 aromatic rings. The molecule has 1 aromatic carbocycles. The van der Waals surface area contributed by atoms with E-state index in [9.17, 15) is 10.5 Å². The third kappa shape index (κ3) is 1.16. The van der Waals surface area contributed by atoms with Gasteiger partial charge in [0.15, 0.2) is 10.8 Å². The minimum Gasteiger partial charge on any atom is -0.311 e. The minimum absolute atomic E-state index is 0.200. The summed E-state index contributed by atoms with van der Waals surface area (Å²) in [6.45, 7) is 2.50. The van der Waals surface area contributed by atoms with Crippen LogP contribution in [0.3, 0.4) is 0 Å². The molecule has 1 saturated carbocycles. The molecule has 3 N–H and O–H groups in total. The molecule has 0 bridgehead atoms. The lowest BCUT2D eigenvalue weighted by Gasteiger charge is -2.27. The zero-order valence-electron chi connectivity index (χ0n) is 12.4. The maximum Gasteiger partial charge on any atom is 0.343 e. The standard InChI is InChI=1S/C16H13ClN4O2/c1-13(10-3-2-4-11(17)7-10)14(8-18)12(20)21-16(15(13,14)9-19)22-5-6-23-16/h2-4,7H,5-6H2,1H3,(H2,20,21)/p+1/t13-,14-,15+/m0/s1. The van der Waals surface area contributed by atoms with Crippen LogP contribution in [0, 0.1) is 33.5 Å². The molecule has 7 heteroatoms. The molecule has 116 valence electrons. The second-order valence-corrected chi connectivity index (χ2v) is 6.65. The highest BCUT2D eigenvalue weighted by Crippen LogP contribution is 2.82. The fourth-order valence-corrected chi connectivity index (χ4v) is 4.78. The smallest absolute Gasteiger partial charge is 0.311 e. The molecule has 2 aliphatic heterocycles. The SMILES string of the molecule is C[C@]1(c2cccc(Cl)c2)[C@]2(C#N)C(N)=[NH+]C3(OCCO3)[C@@]21C#N. The van der Waals surface area contributed by atoms with Gasteiger partial charge in [-0.2, -0.15) is 10.5 Å². The van der Waals surface area contributed by atoms with Crippen LogP contribution in [0.5, 0.6) is 0 Å². The molecule has 0 aromatic heterocycles. The van der Waals surface area contributed by atoms with Crippen LogP contribution >= 0.6 is 11.6 Å². The van der Waals surface area contributed by atoms with Gasteiger partial charge in [0.25, 0.3) is 5.84 Å². The van der Waals surface area contributed by atoms with Crippen molar-refractivity contribution in [2.45, 2.75) is 18.2 Å². The molecule has 3 aliphatic rings. The van der Waals surface area contributed by atoms with Crippen molar-refractivity contribution in [3.63, 3.8) is 0 Å². The third-order valence-electron chi connectivity index (χ3n) is 5.63. The monoisotopic (exact) mass is 329 g/mol. The number of nitrogens with one attached hydrogen (secondary N) is 1. The topological polar surface area (TPSA) is 106 Å². The molecule has 1 saturated heterocycles. The van der Waals surface area contributed by atoms with E-state index in [1.807, 2.05) is 13.0 Å². The Labute approximate surface area is 138 Å². The van der Waals surface area contributed by atoms with Crippen molar-refractivity contribution in [2.24, 2.45) is 16.6 Å². The number of nitrogens with zero attached hydrogens (tertiary/aromatic N) is 2. The average molecular weight is 330 g/mol. The summed E-state index contributed by atoms with van der Waals surface area (Å²) in [5, 5.41) is 20.6. The van der Waals surface area contributed by atoms with Crippen LogP contribution in [-0.4, -0.2) is 25.0 Å². The van der Waals surface area contributed by atoms with Gasteiger partial charge in [-0.1, -0.05) is 30.7 Å². The lowest BCUT2D eigenvalue weighted by Crippen LogP contribution is -2.90. The minimum atomic E-state index is -1.40. The van der Waals surface area contributed by atoms with Gasteiger partial charge in [0.2, 0.25) is 0 Å². The zero-order chi connectivity index (χ0) is 16.5. The predicted octanol–water partition coefficient (Wildman–Crippen LogP) is -0.217. The number of rotatable bonds is 1. The fourth-order valence-electron chi connectivity index (χ4n) is 4.59. The van der Waals surface area contributed by atoms with Gasteiger partial charge in [0.1, 0.15) is 0 Å². The van der Waals surface area contributed by atoms with E-state index in [0.717, 1.165) is 5.56 Å². The first-order chi connectivity index (χ1) is 11.0. The van der Waals surface area contributed by atoms with Gasteiger partial charge in [0, 0.05) is 5.02 Å². The van der Waals surface area contributed by atoms with Gasteiger partial charge in [-0.15, -0.1) is 0 Å². The Hall–Kier alpha value is -2.12. The molecule has 4 rings (SSSR count). The highest BCUT2D eigenvalue weighted by Gasteiger charge is 3.03. The molecule has 6 nitrogen and oxygen atoms in total. The molecule has 1 spiro atoms. The molecule has 1 aliphatic carbocycles. The Morgan fingerprint density at radius 1 is 1.26 bits per heavy atom. The summed E-state index contributed by atoms with van der Waals surface area (Å²) in [6, 6.07) is 11.7. The summed E-state index contributed by atoms with van der Waals surface area (Å²) in [6.07, 6.45) is 0. The van der Waals surface area contributed by atoms with Crippen molar-refractivity contribution in [2.75, 3.05) is 13.2 Å². The molecule has 2 heterocycles. The normalized spacial score (nSPS) is 39.4. The quantitative estimate of drug-likeness (QED) is 0.741. The number of ether oxygens (including phenoxy) is 2. The van der Waals surface area contributed by atoms with Gasteiger partial charge in [-0.25, -0.2) is 4.99 Å². The molecule has 2 fully saturated rings. The highest BCUT2D eigenvalue weighted by atomic mass is 35.5. The average Bonchev–Trinajstić information content (AvgIpc) is 2.82. The number of nitriles is 2. The first kappa shape index (κ1) is 14.5. The molecular weight excluding hydrogens is 316 g/mol. The van der Waals surface area contributed by atoms with Gasteiger partial charge in [-0.05, 0) is 17.7 Å². The van der Waals surface area contributed by atoms with Crippen molar-refractivity contribution in [3.05, 3.63) is 34.9 Å². The van der Waals surface area contributed by atoms with Crippen molar-refractivity contribution in [1.82, 2.24) is 0 Å². The summed E-state index contributed by atoms with van der Waals surface area (Å²) in [7, 11) is 0. The highest BCUT2D eigenvalue weighted by molar-refractivity contribution is 6.30. The summed E-state index contributed by atoms with van der Waals surface area (Å²) >= 11 is 6.12. The van der Waals surface area contributed by atoms with Crippen LogP contribution < -0.4 is 10.7 Å². The van der Waals surface area contributed by atoms with E-state index >= 15 is 0 Å². The molecule has 0 radical (unpaired) electrons. The molecule has 0 unspecified atom stereocenters. The van der Waals surface area contributed by atoms with E-state index in [2.05, 4.69) is 17.1 Å². The van der Waals surface area contributed by atoms with Crippen LogP contribution in [0.15, 0.2) is 24.3 Å². The van der Waals surface area contributed by atoms with E-state index in [1.54, 1.807) is 18.2 Å². The van der Waals surface area contributed by atoms with Crippen LogP contribution in [0.1, 0.15) is 12.5 Å². The first-order valence-electron chi connectivity index (χ1n) is 7.23. The molecular formula is C16H14ClN4O2+. The second-order valence-electron chi connectivity index (χ2n) is 6.21. The Kier molecular flexibility index (Phi) is 2.54. The number of hydrogen-bond donors (Lipinski definition) is 2. The summed E-state index contributed by atoms with van der Waals surface area (Å²) in [4.78, 5) is 2.92. The largest absolute Gasteiger partial charge is 0.343 e. The number of benzene rings is 1. The first-order valence-corrected chi connectivity index (χ1v) is 7.61. The third-order valence-corrected chi connectivity index (χ3v) is 5.86. The number of fused-ring (bicyclic) bond motifs is 2. The van der Waals surface area contributed by atoms with E-state index in [-0.39, 0.29) is 5.84 Å². The van der Waals surface area contributed by atoms with Gasteiger partial charge >= 0.3 is 5.91 Å². The second kappa shape index (κ2) is 4.04. The van der Waals surface area contributed by atoms with Crippen molar-refractivity contribution >= 4 is 17.4 Å². The maximum absolute atomic E-state index is 10.1. The number of amidine groups is 1. The fraction of sp³-hybridized carbons (Fsp3) is 0.438. The Bertz CT molecular complexity index is 835. The summed E-state index contributed by atoms with van der Waals surface area (Å²) < 4.78 is 11.5. The van der Waals surface area contributed by atoms with Crippen molar-refractivity contribution < 1.29 is 14.5 Å². The van der Waals surface area contributed by atoms with Gasteiger partial charge in [0.05, 0.1) is 30.8 Å². The molecule has 23 heavy (non-hydrogen) atoms. The predicted molar refractivity (Wildman–Crippen MR) is 79.7 cm³/mol. The van der Waals surface area contributed by atoms with Crippen LogP contribution in [0.25, 0.3) is 0 Å².